The highest BCUT2D eigenvalue weighted by Crippen LogP contribution is 2.25. The highest BCUT2D eigenvalue weighted by molar-refractivity contribution is 7.92. The van der Waals surface area contributed by atoms with Crippen LogP contribution in [0.3, 0.4) is 0 Å². The lowest BCUT2D eigenvalue weighted by atomic mass is 10.0. The third kappa shape index (κ3) is 4.11. The average molecular weight is 297 g/mol. The van der Waals surface area contributed by atoms with Crippen LogP contribution in [0.2, 0.25) is 0 Å². The molecular formula is C14H23N3O2S. The van der Waals surface area contributed by atoms with E-state index in [1.807, 2.05) is 37.2 Å². The summed E-state index contributed by atoms with van der Waals surface area (Å²) in [5, 5.41) is 3.25. The monoisotopic (exact) mass is 297 g/mol. The Labute approximate surface area is 121 Å². The molecule has 0 aliphatic carbocycles. The maximum absolute atomic E-state index is 12.3. The summed E-state index contributed by atoms with van der Waals surface area (Å²) in [5.41, 5.74) is 1.51. The van der Waals surface area contributed by atoms with Crippen molar-refractivity contribution in [1.82, 2.24) is 5.32 Å². The quantitative estimate of drug-likeness (QED) is 0.864. The van der Waals surface area contributed by atoms with Crippen molar-refractivity contribution in [1.29, 1.82) is 0 Å². The number of hydrogen-bond acceptors (Lipinski definition) is 4. The number of hydrogen-bond donors (Lipinski definition) is 2. The van der Waals surface area contributed by atoms with Gasteiger partial charge in [-0.1, -0.05) is 12.1 Å². The first kappa shape index (κ1) is 15.1. The third-order valence-corrected chi connectivity index (χ3v) is 4.95. The zero-order chi connectivity index (χ0) is 14.6. The van der Waals surface area contributed by atoms with E-state index in [1.54, 1.807) is 6.07 Å². The molecule has 0 saturated carbocycles. The molecule has 0 spiro atoms. The standard InChI is InChI=1S/C14H23N3O2S/c1-17(2)14-8-4-3-7-13(14)16-20(18,19)11-12-6-5-9-15-10-12/h3-4,7-8,12,15-16H,5-6,9-11H2,1-2H3. The van der Waals surface area contributed by atoms with Crippen molar-refractivity contribution in [3.8, 4) is 0 Å². The summed E-state index contributed by atoms with van der Waals surface area (Å²) in [6, 6.07) is 7.44. The normalized spacial score (nSPS) is 19.6. The topological polar surface area (TPSA) is 61.4 Å². The maximum atomic E-state index is 12.3. The van der Waals surface area contributed by atoms with E-state index in [0.29, 0.717) is 5.69 Å². The first-order valence-electron chi connectivity index (χ1n) is 6.95. The second-order valence-corrected chi connectivity index (χ2v) is 7.27. The molecule has 20 heavy (non-hydrogen) atoms. The van der Waals surface area contributed by atoms with Crippen LogP contribution in [0.15, 0.2) is 24.3 Å². The van der Waals surface area contributed by atoms with Crippen LogP contribution in [-0.2, 0) is 10.0 Å². The van der Waals surface area contributed by atoms with Gasteiger partial charge in [-0.05, 0) is 44.0 Å². The van der Waals surface area contributed by atoms with E-state index in [-0.39, 0.29) is 11.7 Å². The predicted octanol–water partition coefficient (Wildman–Crippen LogP) is 1.49. The second-order valence-electron chi connectivity index (χ2n) is 5.51. The Balaban J connectivity index is 2.08. The maximum Gasteiger partial charge on any atom is 0.233 e. The lowest BCUT2D eigenvalue weighted by Crippen LogP contribution is -2.35. The summed E-state index contributed by atoms with van der Waals surface area (Å²) in [6.07, 6.45) is 2.03. The van der Waals surface area contributed by atoms with Crippen LogP contribution in [0.1, 0.15) is 12.8 Å². The van der Waals surface area contributed by atoms with E-state index in [9.17, 15) is 8.42 Å². The van der Waals surface area contributed by atoms with E-state index in [0.717, 1.165) is 31.6 Å². The van der Waals surface area contributed by atoms with Gasteiger partial charge in [0.05, 0.1) is 17.1 Å². The van der Waals surface area contributed by atoms with Crippen molar-refractivity contribution in [2.24, 2.45) is 5.92 Å². The van der Waals surface area contributed by atoms with Crippen molar-refractivity contribution in [3.63, 3.8) is 0 Å². The fourth-order valence-electron chi connectivity index (χ4n) is 2.54. The summed E-state index contributed by atoms with van der Waals surface area (Å²) >= 11 is 0. The van der Waals surface area contributed by atoms with Crippen molar-refractivity contribution in [2.75, 3.05) is 42.6 Å². The van der Waals surface area contributed by atoms with Gasteiger partial charge < -0.3 is 10.2 Å². The zero-order valence-corrected chi connectivity index (χ0v) is 12.9. The number of para-hydroxylation sites is 2. The first-order valence-corrected chi connectivity index (χ1v) is 8.61. The highest BCUT2D eigenvalue weighted by atomic mass is 32.2. The molecule has 1 aromatic carbocycles. The largest absolute Gasteiger partial charge is 0.376 e. The number of anilines is 2. The minimum atomic E-state index is -3.31. The van der Waals surface area contributed by atoms with Gasteiger partial charge in [-0.25, -0.2) is 8.42 Å². The fourth-order valence-corrected chi connectivity index (χ4v) is 4.03. The number of piperidine rings is 1. The van der Waals surface area contributed by atoms with Crippen molar-refractivity contribution in [2.45, 2.75) is 12.8 Å². The summed E-state index contributed by atoms with van der Waals surface area (Å²) in [5.74, 6) is 0.384. The smallest absolute Gasteiger partial charge is 0.233 e. The van der Waals surface area contributed by atoms with E-state index in [2.05, 4.69) is 10.0 Å². The minimum absolute atomic E-state index is 0.182. The van der Waals surface area contributed by atoms with Crippen LogP contribution in [0, 0.1) is 5.92 Å². The molecule has 1 aromatic rings. The molecule has 1 unspecified atom stereocenters. The molecule has 5 nitrogen and oxygen atoms in total. The van der Waals surface area contributed by atoms with Crippen LogP contribution in [0.5, 0.6) is 0 Å². The molecule has 0 bridgehead atoms. The minimum Gasteiger partial charge on any atom is -0.376 e. The van der Waals surface area contributed by atoms with E-state index in [1.165, 1.54) is 0 Å². The Morgan fingerprint density at radius 2 is 2.10 bits per heavy atom. The van der Waals surface area contributed by atoms with Crippen LogP contribution in [0.4, 0.5) is 11.4 Å². The Hall–Kier alpha value is -1.27. The fraction of sp³-hybridized carbons (Fsp3) is 0.571. The molecule has 1 aliphatic rings. The molecule has 1 fully saturated rings. The average Bonchev–Trinajstić information content (AvgIpc) is 2.39. The van der Waals surface area contributed by atoms with Gasteiger partial charge in [0.15, 0.2) is 0 Å². The van der Waals surface area contributed by atoms with Gasteiger partial charge in [0.2, 0.25) is 10.0 Å². The van der Waals surface area contributed by atoms with Crippen LogP contribution < -0.4 is 14.9 Å². The van der Waals surface area contributed by atoms with E-state index >= 15 is 0 Å². The molecule has 0 aromatic heterocycles. The highest BCUT2D eigenvalue weighted by Gasteiger charge is 2.22. The molecule has 0 radical (unpaired) electrons. The molecule has 1 atom stereocenters. The molecule has 2 N–H and O–H groups in total. The van der Waals surface area contributed by atoms with Gasteiger partial charge in [-0.2, -0.15) is 0 Å². The number of sulfonamides is 1. The van der Waals surface area contributed by atoms with Crippen LogP contribution in [-0.4, -0.2) is 41.4 Å². The Kier molecular flexibility index (Phi) is 4.88. The lowest BCUT2D eigenvalue weighted by molar-refractivity contribution is 0.404. The predicted molar refractivity (Wildman–Crippen MR) is 83.8 cm³/mol. The molecule has 112 valence electrons. The molecular weight excluding hydrogens is 274 g/mol. The van der Waals surface area contributed by atoms with Crippen LogP contribution in [0.25, 0.3) is 0 Å². The van der Waals surface area contributed by atoms with Crippen molar-refractivity contribution < 1.29 is 8.42 Å². The summed E-state index contributed by atoms with van der Waals surface area (Å²) in [7, 11) is 0.495. The molecule has 1 aliphatic heterocycles. The molecule has 2 rings (SSSR count). The number of nitrogens with one attached hydrogen (secondary N) is 2. The number of nitrogens with zero attached hydrogens (tertiary/aromatic N) is 1. The zero-order valence-electron chi connectivity index (χ0n) is 12.1. The van der Waals surface area contributed by atoms with E-state index in [4.69, 9.17) is 0 Å². The van der Waals surface area contributed by atoms with Gasteiger partial charge in [-0.15, -0.1) is 0 Å². The molecule has 0 amide bonds. The van der Waals surface area contributed by atoms with Crippen LogP contribution >= 0.6 is 0 Å². The van der Waals surface area contributed by atoms with Gasteiger partial charge in [0, 0.05) is 14.1 Å². The first-order chi connectivity index (χ1) is 9.48. The van der Waals surface area contributed by atoms with Gasteiger partial charge in [0.25, 0.3) is 0 Å². The Morgan fingerprint density at radius 1 is 1.35 bits per heavy atom. The van der Waals surface area contributed by atoms with Gasteiger partial charge >= 0.3 is 0 Å². The molecule has 1 heterocycles. The third-order valence-electron chi connectivity index (χ3n) is 3.51. The lowest BCUT2D eigenvalue weighted by Gasteiger charge is -2.23. The van der Waals surface area contributed by atoms with Gasteiger partial charge in [0.1, 0.15) is 0 Å². The molecule has 6 heteroatoms. The summed E-state index contributed by atoms with van der Waals surface area (Å²) in [6.45, 7) is 1.78. The Bertz CT molecular complexity index is 537. The SMILES string of the molecule is CN(C)c1ccccc1NS(=O)(=O)CC1CCCNC1. The van der Waals surface area contributed by atoms with Gasteiger partial charge in [-0.3, -0.25) is 4.72 Å². The van der Waals surface area contributed by atoms with Crippen molar-refractivity contribution in [3.05, 3.63) is 24.3 Å². The van der Waals surface area contributed by atoms with E-state index < -0.39 is 10.0 Å². The Morgan fingerprint density at radius 3 is 2.75 bits per heavy atom. The summed E-state index contributed by atoms with van der Waals surface area (Å²) in [4.78, 5) is 1.90. The second kappa shape index (κ2) is 6.45. The number of benzene rings is 1. The molecule has 1 saturated heterocycles. The summed E-state index contributed by atoms with van der Waals surface area (Å²) < 4.78 is 27.3. The number of rotatable bonds is 5. The van der Waals surface area contributed by atoms with Crippen molar-refractivity contribution >= 4 is 21.4 Å².